The average molecular weight is 549 g/mol. The van der Waals surface area contributed by atoms with Gasteiger partial charge in [0.25, 0.3) is 5.91 Å². The van der Waals surface area contributed by atoms with Gasteiger partial charge in [0.2, 0.25) is 5.91 Å². The van der Waals surface area contributed by atoms with Gasteiger partial charge in [-0.25, -0.2) is 4.79 Å². The summed E-state index contributed by atoms with van der Waals surface area (Å²) in [6.45, 7) is 6.46. The molecule has 2 atom stereocenters. The molecule has 0 unspecified atom stereocenters. The number of cyclic esters (lactones) is 1. The van der Waals surface area contributed by atoms with Gasteiger partial charge in [-0.15, -0.1) is 11.3 Å². The molecule has 3 aromatic rings. The van der Waals surface area contributed by atoms with E-state index < -0.39 is 18.2 Å². The molecule has 3 heterocycles. The number of nitrogens with zero attached hydrogens (tertiary/aromatic N) is 2. The van der Waals surface area contributed by atoms with Crippen LogP contribution in [0.1, 0.15) is 32.5 Å². The number of ether oxygens (including phenoxy) is 2. The Bertz CT molecular complexity index is 1290. The predicted octanol–water partition coefficient (Wildman–Crippen LogP) is 3.82. The summed E-state index contributed by atoms with van der Waals surface area (Å²) in [4.78, 5) is 43.4. The number of nitrogens with one attached hydrogen (secondary N) is 2. The van der Waals surface area contributed by atoms with E-state index in [2.05, 4.69) is 15.5 Å². The zero-order valence-corrected chi connectivity index (χ0v) is 22.6. The van der Waals surface area contributed by atoms with Crippen molar-refractivity contribution in [2.75, 3.05) is 44.7 Å². The number of carbonyl (C=O) groups is 3. The summed E-state index contributed by atoms with van der Waals surface area (Å²) in [5.74, 6) is -0.450. The van der Waals surface area contributed by atoms with Crippen molar-refractivity contribution in [1.29, 1.82) is 0 Å². The lowest BCUT2D eigenvalue weighted by Crippen LogP contribution is -2.48. The Labute approximate surface area is 231 Å². The minimum Gasteiger partial charge on any atom is -0.438 e. The topological polar surface area (TPSA) is 100 Å². The standard InChI is InChI=1S/C29H32N4O5S/c1-20-4-2-5-21(18-20)19-33-25(28(35)30-11-12-32-13-15-37-16-14-32)26(38-29(33)36)22-7-9-23(10-8-22)31-27(34)24-6-3-17-39-24/h2-10,17-18,25-26H,11-16,19H2,1H3,(H,30,35)(H,31,34)/t25-,26+/m0/s1. The smallest absolute Gasteiger partial charge is 0.411 e. The first kappa shape index (κ1) is 26.9. The Morgan fingerprint density at radius 3 is 2.56 bits per heavy atom. The number of morpholine rings is 1. The molecule has 5 rings (SSSR count). The molecule has 3 amide bonds. The highest BCUT2D eigenvalue weighted by Crippen LogP contribution is 2.34. The van der Waals surface area contributed by atoms with E-state index >= 15 is 0 Å². The first-order chi connectivity index (χ1) is 19.0. The Kier molecular flexibility index (Phi) is 8.55. The lowest BCUT2D eigenvalue weighted by molar-refractivity contribution is -0.126. The molecule has 2 N–H and O–H groups in total. The lowest BCUT2D eigenvalue weighted by Gasteiger charge is -2.28. The second-order valence-corrected chi connectivity index (χ2v) is 10.6. The van der Waals surface area contributed by atoms with E-state index in [1.165, 1.54) is 16.2 Å². The first-order valence-corrected chi connectivity index (χ1v) is 13.9. The predicted molar refractivity (Wildman–Crippen MR) is 149 cm³/mol. The Hall–Kier alpha value is -3.73. The summed E-state index contributed by atoms with van der Waals surface area (Å²) < 4.78 is 11.2. The molecule has 0 bridgehead atoms. The van der Waals surface area contributed by atoms with Gasteiger partial charge < -0.3 is 20.1 Å². The van der Waals surface area contributed by atoms with Crippen molar-refractivity contribution < 1.29 is 23.9 Å². The van der Waals surface area contributed by atoms with Crippen LogP contribution in [0.4, 0.5) is 10.5 Å². The molecule has 2 aliphatic rings. The minimum atomic E-state index is -0.839. The molecule has 2 saturated heterocycles. The molecule has 2 aromatic carbocycles. The summed E-state index contributed by atoms with van der Waals surface area (Å²) in [6, 6.07) is 17.7. The summed E-state index contributed by atoms with van der Waals surface area (Å²) in [5, 5.41) is 7.74. The molecule has 0 saturated carbocycles. The van der Waals surface area contributed by atoms with Gasteiger partial charge in [0.15, 0.2) is 12.1 Å². The van der Waals surface area contributed by atoms with Crippen molar-refractivity contribution in [2.24, 2.45) is 0 Å². The molecule has 0 spiro atoms. The molecule has 0 aliphatic carbocycles. The van der Waals surface area contributed by atoms with Crippen LogP contribution in [-0.2, 0) is 20.8 Å². The number of anilines is 1. The van der Waals surface area contributed by atoms with Crippen molar-refractivity contribution in [2.45, 2.75) is 25.6 Å². The van der Waals surface area contributed by atoms with Crippen LogP contribution in [0.25, 0.3) is 0 Å². The van der Waals surface area contributed by atoms with Gasteiger partial charge in [0.05, 0.1) is 24.6 Å². The molecule has 2 fully saturated rings. The van der Waals surface area contributed by atoms with Crippen LogP contribution < -0.4 is 10.6 Å². The largest absolute Gasteiger partial charge is 0.438 e. The van der Waals surface area contributed by atoms with Crippen LogP contribution in [0.2, 0.25) is 0 Å². The summed E-state index contributed by atoms with van der Waals surface area (Å²) in [6.07, 6.45) is -1.32. The van der Waals surface area contributed by atoms with Crippen LogP contribution in [0, 0.1) is 6.92 Å². The average Bonchev–Trinajstić information content (AvgIpc) is 3.59. The van der Waals surface area contributed by atoms with E-state index in [4.69, 9.17) is 9.47 Å². The third-order valence-electron chi connectivity index (χ3n) is 6.86. The third-order valence-corrected chi connectivity index (χ3v) is 7.73. The number of amides is 3. The quantitative estimate of drug-likeness (QED) is 0.422. The monoisotopic (exact) mass is 548 g/mol. The van der Waals surface area contributed by atoms with E-state index in [0.29, 0.717) is 42.4 Å². The van der Waals surface area contributed by atoms with Crippen LogP contribution in [-0.4, -0.2) is 73.1 Å². The van der Waals surface area contributed by atoms with E-state index in [1.807, 2.05) is 42.6 Å². The molecule has 2 aliphatic heterocycles. The van der Waals surface area contributed by atoms with Crippen molar-refractivity contribution in [3.05, 3.63) is 87.6 Å². The van der Waals surface area contributed by atoms with Crippen LogP contribution >= 0.6 is 11.3 Å². The lowest BCUT2D eigenvalue weighted by atomic mass is 10.00. The maximum absolute atomic E-state index is 13.5. The number of rotatable bonds is 9. The summed E-state index contributed by atoms with van der Waals surface area (Å²) in [7, 11) is 0. The van der Waals surface area contributed by atoms with Gasteiger partial charge in [-0.3, -0.25) is 19.4 Å². The molecule has 9 nitrogen and oxygen atoms in total. The van der Waals surface area contributed by atoms with Gasteiger partial charge in [0.1, 0.15) is 0 Å². The maximum Gasteiger partial charge on any atom is 0.411 e. The number of hydrogen-bond acceptors (Lipinski definition) is 7. The SMILES string of the molecule is Cc1cccc(CN2C(=O)O[C@H](c3ccc(NC(=O)c4cccs4)cc3)[C@H]2C(=O)NCCN2CCOCC2)c1. The Balaban J connectivity index is 1.32. The molecular weight excluding hydrogens is 516 g/mol. The number of benzene rings is 2. The van der Waals surface area contributed by atoms with Crippen molar-refractivity contribution >= 4 is 34.9 Å². The van der Waals surface area contributed by atoms with E-state index in [0.717, 1.165) is 24.2 Å². The highest BCUT2D eigenvalue weighted by molar-refractivity contribution is 7.12. The van der Waals surface area contributed by atoms with Gasteiger partial charge >= 0.3 is 6.09 Å². The van der Waals surface area contributed by atoms with Crippen LogP contribution in [0.3, 0.4) is 0 Å². The van der Waals surface area contributed by atoms with Crippen LogP contribution in [0.15, 0.2) is 66.0 Å². The van der Waals surface area contributed by atoms with Gasteiger partial charge in [-0.2, -0.15) is 0 Å². The highest BCUT2D eigenvalue weighted by atomic mass is 32.1. The maximum atomic E-state index is 13.5. The first-order valence-electron chi connectivity index (χ1n) is 13.0. The minimum absolute atomic E-state index is 0.188. The Morgan fingerprint density at radius 2 is 1.85 bits per heavy atom. The molecule has 204 valence electrons. The van der Waals surface area contributed by atoms with Crippen molar-refractivity contribution in [1.82, 2.24) is 15.1 Å². The van der Waals surface area contributed by atoms with E-state index in [-0.39, 0.29) is 18.4 Å². The molecule has 39 heavy (non-hydrogen) atoms. The van der Waals surface area contributed by atoms with Gasteiger partial charge in [0, 0.05) is 31.9 Å². The second-order valence-electron chi connectivity index (χ2n) is 9.66. The molecule has 10 heteroatoms. The fraction of sp³-hybridized carbons (Fsp3) is 0.345. The third kappa shape index (κ3) is 6.65. The number of aryl methyl sites for hydroxylation is 1. The summed E-state index contributed by atoms with van der Waals surface area (Å²) in [5.41, 5.74) is 3.29. The second kappa shape index (κ2) is 12.4. The van der Waals surface area contributed by atoms with Crippen molar-refractivity contribution in [3.8, 4) is 0 Å². The fourth-order valence-corrected chi connectivity index (χ4v) is 5.46. The fourth-order valence-electron chi connectivity index (χ4n) is 4.84. The highest BCUT2D eigenvalue weighted by Gasteiger charge is 2.47. The summed E-state index contributed by atoms with van der Waals surface area (Å²) >= 11 is 1.37. The zero-order valence-electron chi connectivity index (χ0n) is 21.8. The van der Waals surface area contributed by atoms with Crippen LogP contribution in [0.5, 0.6) is 0 Å². The molecular formula is C29H32N4O5S. The normalized spacial score (nSPS) is 19.5. The van der Waals surface area contributed by atoms with Gasteiger partial charge in [-0.1, -0.05) is 48.0 Å². The van der Waals surface area contributed by atoms with Gasteiger partial charge in [-0.05, 0) is 41.6 Å². The molecule has 0 radical (unpaired) electrons. The van der Waals surface area contributed by atoms with E-state index in [9.17, 15) is 14.4 Å². The number of thiophene rings is 1. The zero-order chi connectivity index (χ0) is 27.2. The van der Waals surface area contributed by atoms with Crippen molar-refractivity contribution in [3.63, 3.8) is 0 Å². The number of carbonyl (C=O) groups excluding carboxylic acids is 3. The Morgan fingerprint density at radius 1 is 1.05 bits per heavy atom. The number of hydrogen-bond donors (Lipinski definition) is 2. The van der Waals surface area contributed by atoms with E-state index in [1.54, 1.807) is 30.3 Å². The molecule has 1 aromatic heterocycles.